The second-order valence-corrected chi connectivity index (χ2v) is 7.04. The van der Waals surface area contributed by atoms with Crippen LogP contribution in [0.15, 0.2) is 71.5 Å². The van der Waals surface area contributed by atoms with Crippen molar-refractivity contribution < 1.29 is 9.18 Å². The first-order valence-electron chi connectivity index (χ1n) is 8.13. The second-order valence-electron chi connectivity index (χ2n) is 5.56. The minimum Gasteiger partial charge on any atom is -0.337 e. The van der Waals surface area contributed by atoms with E-state index < -0.39 is 5.82 Å². The monoisotopic (exact) mass is 391 g/mol. The highest BCUT2D eigenvalue weighted by atomic mass is 32.2. The van der Waals surface area contributed by atoms with Crippen molar-refractivity contribution in [1.82, 2.24) is 9.62 Å². The van der Waals surface area contributed by atoms with Crippen LogP contribution in [0.2, 0.25) is 0 Å². The summed E-state index contributed by atoms with van der Waals surface area (Å²) in [4.78, 5) is 14.4. The molecule has 1 amide bonds. The van der Waals surface area contributed by atoms with Crippen molar-refractivity contribution in [3.8, 4) is 0 Å². The molecule has 1 atom stereocenters. The van der Waals surface area contributed by atoms with Gasteiger partial charge in [0.05, 0.1) is 4.90 Å². The summed E-state index contributed by atoms with van der Waals surface area (Å²) >= 11 is 2.26. The molecule has 1 unspecified atom stereocenters. The number of carbonyl (C=O) groups excluding carboxylic acids is 1. The number of halogens is 1. The lowest BCUT2D eigenvalue weighted by molar-refractivity contribution is 0.0789. The van der Waals surface area contributed by atoms with E-state index in [9.17, 15) is 9.18 Å². The molecule has 0 saturated carbocycles. The highest BCUT2D eigenvalue weighted by molar-refractivity contribution is 8.00. The Morgan fingerprint density at radius 1 is 1.27 bits per heavy atom. The third-order valence-corrected chi connectivity index (χ3v) is 4.99. The fourth-order valence-corrected chi connectivity index (χ4v) is 3.28. The number of nitrogens with two attached hydrogens (primary N) is 1. The molecular formula is C19H22FN3OS2. The van der Waals surface area contributed by atoms with Crippen molar-refractivity contribution in [3.05, 3.63) is 78.0 Å². The van der Waals surface area contributed by atoms with E-state index in [1.165, 1.54) is 24.1 Å². The van der Waals surface area contributed by atoms with Crippen LogP contribution in [0.3, 0.4) is 0 Å². The van der Waals surface area contributed by atoms with Gasteiger partial charge in [0.15, 0.2) is 0 Å². The van der Waals surface area contributed by atoms with Crippen molar-refractivity contribution in [2.75, 3.05) is 13.1 Å². The molecule has 7 heteroatoms. The lowest BCUT2D eigenvalue weighted by Gasteiger charge is -2.17. The quantitative estimate of drug-likeness (QED) is 0.753. The van der Waals surface area contributed by atoms with E-state index in [2.05, 4.69) is 11.3 Å². The van der Waals surface area contributed by atoms with Crippen molar-refractivity contribution in [2.24, 2.45) is 5.14 Å². The van der Waals surface area contributed by atoms with Crippen molar-refractivity contribution in [2.45, 2.75) is 17.4 Å². The molecule has 1 aliphatic rings. The smallest absolute Gasteiger partial charge is 0.254 e. The van der Waals surface area contributed by atoms with Gasteiger partial charge in [-0.15, -0.1) is 0 Å². The third kappa shape index (κ3) is 6.17. The van der Waals surface area contributed by atoms with E-state index in [-0.39, 0.29) is 11.9 Å². The Balaban J connectivity index is 0.000000342. The first-order valence-corrected chi connectivity index (χ1v) is 9.89. The van der Waals surface area contributed by atoms with Gasteiger partial charge in [0, 0.05) is 24.7 Å². The fourth-order valence-electron chi connectivity index (χ4n) is 2.48. The van der Waals surface area contributed by atoms with Gasteiger partial charge in [-0.25, -0.2) is 4.39 Å². The topological polar surface area (TPSA) is 58.4 Å². The molecule has 1 fully saturated rings. The molecule has 3 rings (SSSR count). The Labute approximate surface area is 162 Å². The zero-order valence-corrected chi connectivity index (χ0v) is 15.9. The fraction of sp³-hybridized carbons (Fsp3) is 0.211. The number of carbonyl (C=O) groups is 1. The minimum atomic E-state index is -0.459. The maximum Gasteiger partial charge on any atom is 0.254 e. The lowest BCUT2D eigenvalue weighted by atomic mass is 10.2. The molecule has 138 valence electrons. The largest absolute Gasteiger partial charge is 0.337 e. The maximum absolute atomic E-state index is 13.6. The molecule has 2 aromatic carbocycles. The molecule has 3 N–H and O–H groups in total. The van der Waals surface area contributed by atoms with Crippen LogP contribution in [-0.2, 0) is 0 Å². The Morgan fingerprint density at radius 2 is 1.92 bits per heavy atom. The van der Waals surface area contributed by atoms with Gasteiger partial charge in [-0.05, 0) is 42.0 Å². The van der Waals surface area contributed by atoms with Gasteiger partial charge in [0.1, 0.15) is 5.82 Å². The normalized spacial score (nSPS) is 15.9. The van der Waals surface area contributed by atoms with Gasteiger partial charge in [-0.2, -0.15) is 0 Å². The lowest BCUT2D eigenvalue weighted by Crippen LogP contribution is -2.32. The molecule has 0 aliphatic carbocycles. The van der Waals surface area contributed by atoms with E-state index in [1.807, 2.05) is 36.4 Å². The summed E-state index contributed by atoms with van der Waals surface area (Å²) in [5, 5.41) is 7.04. The standard InChI is InChI=1S/C13H16FN3OS2.C6H6/c1-2-19-16-10-5-6-17(8-10)13(18)9-3-4-12(20-15)11(14)7-9;1-2-4-6-5-3-1/h2-4,7,10,16H,1,5-6,8,15H2;1-6H. The molecule has 2 aromatic rings. The van der Waals surface area contributed by atoms with Crippen LogP contribution in [0, 0.1) is 5.82 Å². The average Bonchev–Trinajstić information content (AvgIpc) is 3.16. The summed E-state index contributed by atoms with van der Waals surface area (Å²) in [5.41, 5.74) is 0.359. The SMILES string of the molecule is C=CSNC1CCN(C(=O)c2ccc(SN)c(F)c2)C1.c1ccccc1. The predicted molar refractivity (Wildman–Crippen MR) is 108 cm³/mol. The van der Waals surface area contributed by atoms with Crippen LogP contribution < -0.4 is 9.86 Å². The number of likely N-dealkylation sites (tertiary alicyclic amines) is 1. The predicted octanol–water partition coefficient (Wildman–Crippen LogP) is 4.07. The van der Waals surface area contributed by atoms with E-state index in [0.717, 1.165) is 18.4 Å². The van der Waals surface area contributed by atoms with E-state index in [0.29, 0.717) is 23.5 Å². The first kappa shape index (κ1) is 20.5. The molecule has 1 aliphatic heterocycles. The summed E-state index contributed by atoms with van der Waals surface area (Å²) in [7, 11) is 0. The van der Waals surface area contributed by atoms with Crippen molar-refractivity contribution >= 4 is 29.8 Å². The minimum absolute atomic E-state index is 0.148. The van der Waals surface area contributed by atoms with Crippen LogP contribution in [-0.4, -0.2) is 29.9 Å². The highest BCUT2D eigenvalue weighted by Gasteiger charge is 2.27. The van der Waals surface area contributed by atoms with Gasteiger partial charge < -0.3 is 4.90 Å². The number of hydrogen-bond donors (Lipinski definition) is 2. The zero-order chi connectivity index (χ0) is 18.8. The number of amides is 1. The molecule has 4 nitrogen and oxygen atoms in total. The summed E-state index contributed by atoms with van der Waals surface area (Å²) in [6, 6.07) is 16.6. The second kappa shape index (κ2) is 11.0. The van der Waals surface area contributed by atoms with Gasteiger partial charge >= 0.3 is 0 Å². The summed E-state index contributed by atoms with van der Waals surface area (Å²) in [5.74, 6) is -0.607. The molecule has 0 radical (unpaired) electrons. The summed E-state index contributed by atoms with van der Waals surface area (Å²) in [6.45, 7) is 4.91. The van der Waals surface area contributed by atoms with Gasteiger partial charge in [0.2, 0.25) is 0 Å². The maximum atomic E-state index is 13.6. The van der Waals surface area contributed by atoms with E-state index in [1.54, 1.807) is 16.4 Å². The molecule has 1 saturated heterocycles. The van der Waals surface area contributed by atoms with Crippen LogP contribution in [0.1, 0.15) is 16.8 Å². The first-order chi connectivity index (χ1) is 12.7. The van der Waals surface area contributed by atoms with Crippen LogP contribution >= 0.6 is 23.9 Å². The van der Waals surface area contributed by atoms with E-state index >= 15 is 0 Å². The number of nitrogens with one attached hydrogen (secondary N) is 1. The number of rotatable bonds is 5. The number of benzene rings is 2. The highest BCUT2D eigenvalue weighted by Crippen LogP contribution is 2.21. The Bertz CT molecular complexity index is 688. The van der Waals surface area contributed by atoms with Crippen LogP contribution in [0.5, 0.6) is 0 Å². The van der Waals surface area contributed by atoms with Crippen LogP contribution in [0.25, 0.3) is 0 Å². The van der Waals surface area contributed by atoms with Crippen molar-refractivity contribution in [1.29, 1.82) is 0 Å². The number of nitrogens with zero attached hydrogens (tertiary/aromatic N) is 1. The molecule has 0 spiro atoms. The summed E-state index contributed by atoms with van der Waals surface area (Å²) in [6.07, 6.45) is 0.881. The molecule has 0 aromatic heterocycles. The van der Waals surface area contributed by atoms with E-state index in [4.69, 9.17) is 5.14 Å². The molecule has 0 bridgehead atoms. The number of hydrogen-bond acceptors (Lipinski definition) is 5. The van der Waals surface area contributed by atoms with Gasteiger partial charge in [-0.1, -0.05) is 54.9 Å². The Hall–Kier alpha value is -1.80. The zero-order valence-electron chi connectivity index (χ0n) is 14.3. The summed E-state index contributed by atoms with van der Waals surface area (Å²) < 4.78 is 16.9. The van der Waals surface area contributed by atoms with Crippen molar-refractivity contribution in [3.63, 3.8) is 0 Å². The molecule has 1 heterocycles. The molecular weight excluding hydrogens is 369 g/mol. The molecule has 26 heavy (non-hydrogen) atoms. The third-order valence-electron chi connectivity index (χ3n) is 3.77. The van der Waals surface area contributed by atoms with Gasteiger partial charge in [0.25, 0.3) is 5.91 Å². The Morgan fingerprint density at radius 3 is 2.46 bits per heavy atom. The van der Waals surface area contributed by atoms with Crippen LogP contribution in [0.4, 0.5) is 4.39 Å². The van der Waals surface area contributed by atoms with Gasteiger partial charge in [-0.3, -0.25) is 14.7 Å². The average molecular weight is 392 g/mol. The Kier molecular flexibility index (Phi) is 8.70.